The summed E-state index contributed by atoms with van der Waals surface area (Å²) < 4.78 is 0. The van der Waals surface area contributed by atoms with E-state index in [4.69, 9.17) is 5.73 Å². The van der Waals surface area contributed by atoms with Gasteiger partial charge in [-0.3, -0.25) is 0 Å². The van der Waals surface area contributed by atoms with Crippen LogP contribution in [0.25, 0.3) is 0 Å². The van der Waals surface area contributed by atoms with Crippen molar-refractivity contribution in [3.05, 3.63) is 29.3 Å². The highest BCUT2D eigenvalue weighted by Gasteiger charge is 2.36. The zero-order valence-corrected chi connectivity index (χ0v) is 12.4. The van der Waals surface area contributed by atoms with Crippen LogP contribution in [0.4, 0.5) is 5.69 Å². The zero-order valence-electron chi connectivity index (χ0n) is 12.4. The van der Waals surface area contributed by atoms with Gasteiger partial charge in [-0.25, -0.2) is 0 Å². The molecule has 1 aliphatic carbocycles. The molecular weight excluding hydrogens is 248 g/mol. The molecule has 0 bridgehead atoms. The SMILES string of the molecule is Cc1ccc2c(c1)CCCN2C1CCCC(N)(CO)C1. The van der Waals surface area contributed by atoms with Crippen molar-refractivity contribution in [1.29, 1.82) is 0 Å². The van der Waals surface area contributed by atoms with E-state index in [1.807, 2.05) is 0 Å². The van der Waals surface area contributed by atoms with Crippen molar-refractivity contribution < 1.29 is 5.11 Å². The van der Waals surface area contributed by atoms with Crippen LogP contribution < -0.4 is 10.6 Å². The number of benzene rings is 1. The number of nitrogens with zero attached hydrogens (tertiary/aromatic N) is 1. The molecule has 0 spiro atoms. The van der Waals surface area contributed by atoms with E-state index in [-0.39, 0.29) is 12.1 Å². The van der Waals surface area contributed by atoms with E-state index < -0.39 is 0 Å². The van der Waals surface area contributed by atoms with Crippen LogP contribution >= 0.6 is 0 Å². The maximum absolute atomic E-state index is 9.55. The van der Waals surface area contributed by atoms with Gasteiger partial charge in [0.05, 0.1) is 6.61 Å². The lowest BCUT2D eigenvalue weighted by molar-refractivity contribution is 0.145. The molecule has 110 valence electrons. The fraction of sp³-hybridized carbons (Fsp3) is 0.647. The molecule has 0 aromatic heterocycles. The minimum absolute atomic E-state index is 0.109. The summed E-state index contributed by atoms with van der Waals surface area (Å²) in [6.07, 6.45) is 6.61. The van der Waals surface area contributed by atoms with Crippen LogP contribution in [-0.4, -0.2) is 29.8 Å². The number of rotatable bonds is 2. The van der Waals surface area contributed by atoms with Gasteiger partial charge >= 0.3 is 0 Å². The first-order valence-corrected chi connectivity index (χ1v) is 7.87. The number of fused-ring (bicyclic) bond motifs is 1. The molecule has 0 radical (unpaired) electrons. The molecule has 2 aliphatic rings. The molecule has 3 N–H and O–H groups in total. The molecule has 1 aliphatic heterocycles. The summed E-state index contributed by atoms with van der Waals surface area (Å²) in [5, 5.41) is 9.55. The molecule has 3 nitrogen and oxygen atoms in total. The van der Waals surface area contributed by atoms with Gasteiger partial charge in [0.15, 0.2) is 0 Å². The van der Waals surface area contributed by atoms with Gasteiger partial charge in [0, 0.05) is 23.8 Å². The molecule has 1 heterocycles. The molecule has 0 saturated heterocycles. The third-order valence-corrected chi connectivity index (χ3v) is 5.00. The Balaban J connectivity index is 1.85. The van der Waals surface area contributed by atoms with Crippen molar-refractivity contribution in [1.82, 2.24) is 0 Å². The summed E-state index contributed by atoms with van der Waals surface area (Å²) in [7, 11) is 0. The summed E-state index contributed by atoms with van der Waals surface area (Å²) >= 11 is 0. The second-order valence-electron chi connectivity index (χ2n) is 6.70. The molecule has 2 unspecified atom stereocenters. The van der Waals surface area contributed by atoms with E-state index in [0.29, 0.717) is 6.04 Å². The summed E-state index contributed by atoms with van der Waals surface area (Å²) in [4.78, 5) is 2.55. The number of aryl methyl sites for hydroxylation is 2. The van der Waals surface area contributed by atoms with E-state index in [1.165, 1.54) is 36.1 Å². The molecule has 1 aromatic carbocycles. The Morgan fingerprint density at radius 2 is 2.25 bits per heavy atom. The molecule has 3 rings (SSSR count). The van der Waals surface area contributed by atoms with Crippen LogP contribution in [0, 0.1) is 6.92 Å². The topological polar surface area (TPSA) is 49.5 Å². The highest BCUT2D eigenvalue weighted by Crippen LogP contribution is 2.36. The third-order valence-electron chi connectivity index (χ3n) is 5.00. The second-order valence-corrected chi connectivity index (χ2v) is 6.70. The number of aliphatic hydroxyl groups is 1. The number of nitrogens with two attached hydrogens (primary N) is 1. The van der Waals surface area contributed by atoms with Gasteiger partial charge < -0.3 is 15.7 Å². The normalized spacial score (nSPS) is 30.1. The molecule has 1 saturated carbocycles. The van der Waals surface area contributed by atoms with E-state index in [1.54, 1.807) is 0 Å². The largest absolute Gasteiger partial charge is 0.394 e. The van der Waals surface area contributed by atoms with Gasteiger partial charge in [-0.1, -0.05) is 17.7 Å². The number of anilines is 1. The Bertz CT molecular complexity index is 488. The average Bonchev–Trinajstić information content (AvgIpc) is 2.46. The standard InChI is InChI=1S/C17H26N2O/c1-13-6-7-16-14(10-13)4-3-9-19(16)15-5-2-8-17(18,11-15)12-20/h6-7,10,15,20H,2-5,8-9,11-12,18H2,1H3. The maximum atomic E-state index is 9.55. The molecule has 3 heteroatoms. The molecule has 20 heavy (non-hydrogen) atoms. The van der Waals surface area contributed by atoms with E-state index in [2.05, 4.69) is 30.0 Å². The van der Waals surface area contributed by atoms with Crippen molar-refractivity contribution in [2.24, 2.45) is 5.73 Å². The summed E-state index contributed by atoms with van der Waals surface area (Å²) in [6, 6.07) is 7.30. The first-order valence-electron chi connectivity index (χ1n) is 7.87. The minimum Gasteiger partial charge on any atom is -0.394 e. The summed E-state index contributed by atoms with van der Waals surface area (Å²) in [5.41, 5.74) is 10.2. The van der Waals surface area contributed by atoms with Crippen molar-refractivity contribution in [2.45, 2.75) is 57.0 Å². The molecular formula is C17H26N2O. The number of aliphatic hydroxyl groups excluding tert-OH is 1. The molecule has 0 amide bonds. The monoisotopic (exact) mass is 274 g/mol. The Labute approximate surface area is 121 Å². The first-order chi connectivity index (χ1) is 9.61. The van der Waals surface area contributed by atoms with Gasteiger partial charge in [0.2, 0.25) is 0 Å². The van der Waals surface area contributed by atoms with Crippen LogP contribution in [-0.2, 0) is 6.42 Å². The zero-order chi connectivity index (χ0) is 14.2. The van der Waals surface area contributed by atoms with Crippen LogP contribution in [0.2, 0.25) is 0 Å². The number of hydrogen-bond acceptors (Lipinski definition) is 3. The van der Waals surface area contributed by atoms with Crippen molar-refractivity contribution in [3.63, 3.8) is 0 Å². The third kappa shape index (κ3) is 2.57. The van der Waals surface area contributed by atoms with Crippen molar-refractivity contribution in [2.75, 3.05) is 18.1 Å². The lowest BCUT2D eigenvalue weighted by Crippen LogP contribution is -2.54. The van der Waals surface area contributed by atoms with E-state index in [9.17, 15) is 5.11 Å². The van der Waals surface area contributed by atoms with Crippen LogP contribution in [0.5, 0.6) is 0 Å². The smallest absolute Gasteiger partial charge is 0.0612 e. The van der Waals surface area contributed by atoms with Gasteiger partial charge in [-0.2, -0.15) is 0 Å². The molecule has 1 aromatic rings. The van der Waals surface area contributed by atoms with Gasteiger partial charge in [0.1, 0.15) is 0 Å². The van der Waals surface area contributed by atoms with Crippen LogP contribution in [0.15, 0.2) is 18.2 Å². The lowest BCUT2D eigenvalue weighted by atomic mass is 9.79. The van der Waals surface area contributed by atoms with Gasteiger partial charge in [-0.15, -0.1) is 0 Å². The highest BCUT2D eigenvalue weighted by atomic mass is 16.3. The van der Waals surface area contributed by atoms with E-state index >= 15 is 0 Å². The lowest BCUT2D eigenvalue weighted by Gasteiger charge is -2.45. The number of hydrogen-bond donors (Lipinski definition) is 2. The van der Waals surface area contributed by atoms with Crippen molar-refractivity contribution in [3.8, 4) is 0 Å². The molecule has 1 fully saturated rings. The quantitative estimate of drug-likeness (QED) is 0.870. The Morgan fingerprint density at radius 3 is 3.05 bits per heavy atom. The fourth-order valence-corrected chi connectivity index (χ4v) is 3.91. The molecule has 2 atom stereocenters. The van der Waals surface area contributed by atoms with Gasteiger partial charge in [0.25, 0.3) is 0 Å². The Kier molecular flexibility index (Phi) is 3.74. The second kappa shape index (κ2) is 5.38. The summed E-state index contributed by atoms with van der Waals surface area (Å²) in [6.45, 7) is 3.40. The maximum Gasteiger partial charge on any atom is 0.0612 e. The predicted octanol–water partition coefficient (Wildman–Crippen LogP) is 2.38. The van der Waals surface area contributed by atoms with Crippen molar-refractivity contribution >= 4 is 5.69 Å². The first kappa shape index (κ1) is 13.9. The van der Waals surface area contributed by atoms with Gasteiger partial charge in [-0.05, 0) is 57.1 Å². The summed E-state index contributed by atoms with van der Waals surface area (Å²) in [5.74, 6) is 0. The fourth-order valence-electron chi connectivity index (χ4n) is 3.91. The Morgan fingerprint density at radius 1 is 1.40 bits per heavy atom. The average molecular weight is 274 g/mol. The van der Waals surface area contributed by atoms with Crippen LogP contribution in [0.3, 0.4) is 0 Å². The predicted molar refractivity (Wildman–Crippen MR) is 83.1 cm³/mol. The minimum atomic E-state index is -0.370. The van der Waals surface area contributed by atoms with E-state index in [0.717, 1.165) is 25.8 Å². The Hall–Kier alpha value is -1.06. The van der Waals surface area contributed by atoms with Crippen LogP contribution in [0.1, 0.15) is 43.2 Å². The highest BCUT2D eigenvalue weighted by molar-refractivity contribution is 5.57.